The first kappa shape index (κ1) is 14.1. The van der Waals surface area contributed by atoms with Crippen LogP contribution in [-0.2, 0) is 11.8 Å². The largest absolute Gasteiger partial charge is 0.462 e. The predicted octanol–water partition coefficient (Wildman–Crippen LogP) is 1.92. The van der Waals surface area contributed by atoms with Crippen molar-refractivity contribution in [3.63, 3.8) is 0 Å². The first-order valence-electron chi connectivity index (χ1n) is 6.86. The number of aryl methyl sites for hydroxylation is 2. The molecule has 2 N–H and O–H groups in total. The summed E-state index contributed by atoms with van der Waals surface area (Å²) in [6, 6.07) is 1.94. The highest BCUT2D eigenvalue weighted by Crippen LogP contribution is 2.25. The van der Waals surface area contributed by atoms with E-state index in [1.807, 2.05) is 13.0 Å². The second-order valence-electron chi connectivity index (χ2n) is 4.81. The fourth-order valence-electron chi connectivity index (χ4n) is 2.23. The number of H-pyrrole nitrogens is 1. The van der Waals surface area contributed by atoms with Gasteiger partial charge >= 0.3 is 5.97 Å². The minimum atomic E-state index is -0.423. The summed E-state index contributed by atoms with van der Waals surface area (Å²) in [4.78, 5) is 23.6. The van der Waals surface area contributed by atoms with Gasteiger partial charge in [-0.05, 0) is 19.9 Å². The molecule has 0 bridgehead atoms. The van der Waals surface area contributed by atoms with Gasteiger partial charge in [-0.3, -0.25) is 4.68 Å². The highest BCUT2D eigenvalue weighted by atomic mass is 16.5. The molecular formula is C14H16N6O2. The number of esters is 1. The lowest BCUT2D eigenvalue weighted by atomic mass is 10.3. The van der Waals surface area contributed by atoms with Gasteiger partial charge in [-0.15, -0.1) is 0 Å². The number of fused-ring (bicyclic) bond motifs is 1. The van der Waals surface area contributed by atoms with E-state index in [0.717, 1.165) is 16.7 Å². The van der Waals surface area contributed by atoms with E-state index in [2.05, 4.69) is 25.4 Å². The van der Waals surface area contributed by atoms with Crippen molar-refractivity contribution in [2.24, 2.45) is 7.05 Å². The molecule has 3 rings (SSSR count). The minimum Gasteiger partial charge on any atom is -0.462 e. The molecule has 0 unspecified atom stereocenters. The van der Waals surface area contributed by atoms with Crippen molar-refractivity contribution in [2.75, 3.05) is 11.9 Å². The molecule has 0 saturated carbocycles. The first-order chi connectivity index (χ1) is 10.6. The van der Waals surface area contributed by atoms with Gasteiger partial charge in [-0.1, -0.05) is 0 Å². The average Bonchev–Trinajstić information content (AvgIpc) is 3.03. The number of carbonyl (C=O) groups excluding carboxylic acids is 1. The number of ether oxygens (including phenoxy) is 1. The van der Waals surface area contributed by atoms with Crippen LogP contribution in [0.4, 0.5) is 11.6 Å². The molecule has 8 heteroatoms. The highest BCUT2D eigenvalue weighted by Gasteiger charge is 2.19. The Morgan fingerprint density at radius 1 is 1.45 bits per heavy atom. The molecule has 0 saturated heterocycles. The molecule has 0 fully saturated rings. The van der Waals surface area contributed by atoms with Gasteiger partial charge < -0.3 is 15.0 Å². The van der Waals surface area contributed by atoms with Gasteiger partial charge in [-0.25, -0.2) is 14.8 Å². The molecule has 0 atom stereocenters. The molecule has 0 amide bonds. The molecule has 0 aromatic carbocycles. The molecule has 0 radical (unpaired) electrons. The third kappa shape index (κ3) is 2.39. The summed E-state index contributed by atoms with van der Waals surface area (Å²) >= 11 is 0. The van der Waals surface area contributed by atoms with Crippen LogP contribution in [0.15, 0.2) is 18.6 Å². The Bertz CT molecular complexity index is 835. The van der Waals surface area contributed by atoms with Gasteiger partial charge in [0.15, 0.2) is 0 Å². The van der Waals surface area contributed by atoms with Gasteiger partial charge in [0.05, 0.1) is 18.2 Å². The van der Waals surface area contributed by atoms with Gasteiger partial charge in [0.2, 0.25) is 0 Å². The molecule has 114 valence electrons. The van der Waals surface area contributed by atoms with Crippen molar-refractivity contribution in [3.05, 3.63) is 29.8 Å². The lowest BCUT2D eigenvalue weighted by Crippen LogP contribution is -2.09. The zero-order valence-electron chi connectivity index (χ0n) is 12.5. The van der Waals surface area contributed by atoms with Gasteiger partial charge in [0.1, 0.15) is 29.2 Å². The Balaban J connectivity index is 2.02. The normalized spacial score (nSPS) is 10.9. The predicted molar refractivity (Wildman–Crippen MR) is 81.1 cm³/mol. The summed E-state index contributed by atoms with van der Waals surface area (Å²) in [5.74, 6) is 0.703. The van der Waals surface area contributed by atoms with Gasteiger partial charge in [0.25, 0.3) is 0 Å². The molecule has 0 spiro atoms. The third-order valence-electron chi connectivity index (χ3n) is 3.23. The Labute approximate surface area is 126 Å². The zero-order chi connectivity index (χ0) is 15.7. The van der Waals surface area contributed by atoms with Gasteiger partial charge in [-0.2, -0.15) is 5.10 Å². The summed E-state index contributed by atoms with van der Waals surface area (Å²) in [6.45, 7) is 4.01. The van der Waals surface area contributed by atoms with Crippen LogP contribution in [0.5, 0.6) is 0 Å². The van der Waals surface area contributed by atoms with Crippen molar-refractivity contribution in [1.82, 2.24) is 24.7 Å². The second-order valence-corrected chi connectivity index (χ2v) is 4.81. The minimum absolute atomic E-state index is 0.307. The quantitative estimate of drug-likeness (QED) is 0.714. The van der Waals surface area contributed by atoms with Crippen LogP contribution in [0.25, 0.3) is 11.0 Å². The van der Waals surface area contributed by atoms with Crippen LogP contribution >= 0.6 is 0 Å². The van der Waals surface area contributed by atoms with E-state index in [9.17, 15) is 4.79 Å². The van der Waals surface area contributed by atoms with E-state index in [1.165, 1.54) is 12.5 Å². The van der Waals surface area contributed by atoms with Crippen LogP contribution in [0.2, 0.25) is 0 Å². The zero-order valence-corrected chi connectivity index (χ0v) is 12.5. The monoisotopic (exact) mass is 300 g/mol. The Kier molecular flexibility index (Phi) is 3.50. The van der Waals surface area contributed by atoms with E-state index in [0.29, 0.717) is 23.8 Å². The number of anilines is 2. The fourth-order valence-corrected chi connectivity index (χ4v) is 2.23. The maximum atomic E-state index is 12.0. The van der Waals surface area contributed by atoms with E-state index in [-0.39, 0.29) is 0 Å². The number of carbonyl (C=O) groups is 1. The van der Waals surface area contributed by atoms with Crippen LogP contribution in [0.1, 0.15) is 23.0 Å². The Morgan fingerprint density at radius 2 is 2.27 bits per heavy atom. The van der Waals surface area contributed by atoms with Crippen LogP contribution in [0.3, 0.4) is 0 Å². The van der Waals surface area contributed by atoms with Crippen molar-refractivity contribution < 1.29 is 9.53 Å². The molecule has 3 heterocycles. The smallest absolute Gasteiger partial charge is 0.343 e. The van der Waals surface area contributed by atoms with Crippen LogP contribution < -0.4 is 5.32 Å². The van der Waals surface area contributed by atoms with Crippen LogP contribution in [-0.4, -0.2) is 37.3 Å². The molecule has 22 heavy (non-hydrogen) atoms. The maximum absolute atomic E-state index is 12.0. The highest BCUT2D eigenvalue weighted by molar-refractivity contribution is 5.97. The fraction of sp³-hybridized carbons (Fsp3) is 0.286. The van der Waals surface area contributed by atoms with E-state index >= 15 is 0 Å². The lowest BCUT2D eigenvalue weighted by Gasteiger charge is -2.09. The SMILES string of the molecule is CCOC(=O)c1cnn(C)c1Nc1ncnc2[nH]c(C)cc12. The molecule has 0 aliphatic carbocycles. The van der Waals surface area contributed by atoms with Crippen LogP contribution in [0, 0.1) is 6.92 Å². The molecule has 0 aliphatic rings. The van der Waals surface area contributed by atoms with E-state index in [1.54, 1.807) is 18.7 Å². The Hall–Kier alpha value is -2.90. The summed E-state index contributed by atoms with van der Waals surface area (Å²) < 4.78 is 6.61. The number of hydrogen-bond acceptors (Lipinski definition) is 6. The lowest BCUT2D eigenvalue weighted by molar-refractivity contribution is 0.0527. The third-order valence-corrected chi connectivity index (χ3v) is 3.23. The maximum Gasteiger partial charge on any atom is 0.343 e. The number of nitrogens with zero attached hydrogens (tertiary/aromatic N) is 4. The van der Waals surface area contributed by atoms with Crippen molar-refractivity contribution in [3.8, 4) is 0 Å². The number of rotatable bonds is 4. The molecule has 3 aromatic rings. The summed E-state index contributed by atoms with van der Waals surface area (Å²) in [5, 5.41) is 8.09. The summed E-state index contributed by atoms with van der Waals surface area (Å²) in [5.41, 5.74) is 2.08. The molecule has 3 aromatic heterocycles. The Morgan fingerprint density at radius 3 is 3.05 bits per heavy atom. The summed E-state index contributed by atoms with van der Waals surface area (Å²) in [7, 11) is 1.74. The number of aromatic nitrogens is 5. The van der Waals surface area contributed by atoms with Crippen molar-refractivity contribution in [1.29, 1.82) is 0 Å². The number of nitrogens with one attached hydrogen (secondary N) is 2. The van der Waals surface area contributed by atoms with E-state index < -0.39 is 5.97 Å². The first-order valence-corrected chi connectivity index (χ1v) is 6.86. The average molecular weight is 300 g/mol. The number of hydrogen-bond donors (Lipinski definition) is 2. The standard InChI is InChI=1S/C14H16N6O2/c1-4-22-14(21)10-6-17-20(3)13(10)19-12-9-5-8(2)18-11(9)15-7-16-12/h5-7H,4H2,1-3H3,(H2,15,16,18,19). The number of aromatic amines is 1. The second kappa shape index (κ2) is 5.47. The molecular weight excluding hydrogens is 284 g/mol. The summed E-state index contributed by atoms with van der Waals surface area (Å²) in [6.07, 6.45) is 2.93. The van der Waals surface area contributed by atoms with Gasteiger partial charge in [0, 0.05) is 12.7 Å². The topological polar surface area (TPSA) is 97.7 Å². The molecule has 8 nitrogen and oxygen atoms in total. The van der Waals surface area contributed by atoms with E-state index in [4.69, 9.17) is 4.74 Å². The van der Waals surface area contributed by atoms with Crippen molar-refractivity contribution in [2.45, 2.75) is 13.8 Å². The van der Waals surface area contributed by atoms with Crippen molar-refractivity contribution >= 4 is 28.6 Å². The molecule has 0 aliphatic heterocycles.